The van der Waals surface area contributed by atoms with Gasteiger partial charge in [0, 0.05) is 11.1 Å². The van der Waals surface area contributed by atoms with E-state index in [1.54, 1.807) is 40.9 Å². The monoisotopic (exact) mass is 499 g/mol. The second kappa shape index (κ2) is 10.2. The molecule has 0 saturated heterocycles. The Morgan fingerprint density at radius 2 is 1.51 bits per heavy atom. The molecule has 4 aromatic rings. The van der Waals surface area contributed by atoms with Gasteiger partial charge in [0.2, 0.25) is 0 Å². The first-order chi connectivity index (χ1) is 17.6. The zero-order valence-electron chi connectivity index (χ0n) is 21.7. The minimum atomic E-state index is -0.459. The van der Waals surface area contributed by atoms with E-state index in [-0.39, 0.29) is 5.54 Å². The van der Waals surface area contributed by atoms with Crippen LogP contribution in [0.5, 0.6) is 0 Å². The van der Waals surface area contributed by atoms with E-state index >= 15 is 0 Å². The number of anilines is 1. The molecule has 9 heteroatoms. The number of imidazole rings is 1. The molecule has 2 aromatic heterocycles. The fourth-order valence-corrected chi connectivity index (χ4v) is 3.86. The quantitative estimate of drug-likeness (QED) is 0.367. The molecular weight excluding hydrogens is 470 g/mol. The van der Waals surface area contributed by atoms with E-state index in [0.29, 0.717) is 50.9 Å². The predicted octanol–water partition coefficient (Wildman–Crippen LogP) is 5.05. The summed E-state index contributed by atoms with van der Waals surface area (Å²) in [6, 6.07) is 14.3. The van der Waals surface area contributed by atoms with Crippen LogP contribution in [0, 0.1) is 6.92 Å². The third-order valence-corrected chi connectivity index (χ3v) is 5.55. The lowest BCUT2D eigenvalue weighted by atomic mass is 10.0. The molecule has 0 bridgehead atoms. The molecule has 190 valence electrons. The Balaban J connectivity index is 1.87. The first-order valence-electron chi connectivity index (χ1n) is 11.7. The van der Waals surface area contributed by atoms with Gasteiger partial charge in [0.05, 0.1) is 36.7 Å². The van der Waals surface area contributed by atoms with Crippen LogP contribution in [-0.2, 0) is 9.47 Å². The molecular formula is C28H29N5O4. The number of benzene rings is 2. The standard InChI is InChI=1S/C28H29N5O4/c1-17-22(16-15-18-11-7-8-12-19(18)25(34)36-5)29-27-30-23(24(33(27)32-17)31-28(2,3)4)20-13-9-10-14-21(20)26(35)37-6/h7-16,31H,1-6H3/b16-15+. The lowest BCUT2D eigenvalue weighted by molar-refractivity contribution is 0.0592. The summed E-state index contributed by atoms with van der Waals surface area (Å²) >= 11 is 0. The number of carbonyl (C=O) groups is 2. The maximum atomic E-state index is 12.5. The van der Waals surface area contributed by atoms with Gasteiger partial charge in [-0.3, -0.25) is 0 Å². The number of esters is 2. The van der Waals surface area contributed by atoms with Crippen LogP contribution in [0.3, 0.4) is 0 Å². The molecule has 2 aromatic carbocycles. The van der Waals surface area contributed by atoms with Crippen LogP contribution in [0.4, 0.5) is 5.82 Å². The fourth-order valence-electron chi connectivity index (χ4n) is 3.86. The lowest BCUT2D eigenvalue weighted by Gasteiger charge is -2.22. The van der Waals surface area contributed by atoms with Crippen molar-refractivity contribution in [3.63, 3.8) is 0 Å². The first-order valence-corrected chi connectivity index (χ1v) is 11.7. The Hall–Kier alpha value is -4.53. The molecule has 9 nitrogen and oxygen atoms in total. The number of nitrogens with zero attached hydrogens (tertiary/aromatic N) is 4. The smallest absolute Gasteiger partial charge is 0.338 e. The number of nitrogens with one attached hydrogen (secondary N) is 1. The Morgan fingerprint density at radius 3 is 2.19 bits per heavy atom. The van der Waals surface area contributed by atoms with Crippen molar-refractivity contribution in [1.82, 2.24) is 19.6 Å². The van der Waals surface area contributed by atoms with Gasteiger partial charge in [0.15, 0.2) is 5.82 Å². The van der Waals surface area contributed by atoms with Crippen molar-refractivity contribution in [2.75, 3.05) is 19.5 Å². The van der Waals surface area contributed by atoms with Crippen molar-refractivity contribution >= 4 is 35.7 Å². The molecule has 0 unspecified atom stereocenters. The molecule has 4 rings (SSSR count). The largest absolute Gasteiger partial charge is 0.465 e. The van der Waals surface area contributed by atoms with Gasteiger partial charge in [0.1, 0.15) is 5.69 Å². The summed E-state index contributed by atoms with van der Waals surface area (Å²) in [5, 5.41) is 8.22. The van der Waals surface area contributed by atoms with Crippen molar-refractivity contribution in [1.29, 1.82) is 0 Å². The third-order valence-electron chi connectivity index (χ3n) is 5.55. The average Bonchev–Trinajstić information content (AvgIpc) is 3.21. The average molecular weight is 500 g/mol. The number of aromatic nitrogens is 4. The van der Waals surface area contributed by atoms with Crippen LogP contribution in [0.2, 0.25) is 0 Å². The summed E-state index contributed by atoms with van der Waals surface area (Å²) in [4.78, 5) is 34.1. The summed E-state index contributed by atoms with van der Waals surface area (Å²) in [6.45, 7) is 7.93. The highest BCUT2D eigenvalue weighted by Gasteiger charge is 2.25. The van der Waals surface area contributed by atoms with E-state index in [4.69, 9.17) is 24.5 Å². The van der Waals surface area contributed by atoms with E-state index in [2.05, 4.69) is 5.32 Å². The van der Waals surface area contributed by atoms with E-state index < -0.39 is 11.9 Å². The fraction of sp³-hybridized carbons (Fsp3) is 0.250. The number of carbonyl (C=O) groups excluding carboxylic acids is 2. The maximum Gasteiger partial charge on any atom is 0.338 e. The molecule has 0 aliphatic heterocycles. The van der Waals surface area contributed by atoms with Crippen LogP contribution >= 0.6 is 0 Å². The molecule has 0 saturated carbocycles. The highest BCUT2D eigenvalue weighted by Crippen LogP contribution is 2.33. The van der Waals surface area contributed by atoms with Crippen molar-refractivity contribution in [2.45, 2.75) is 33.2 Å². The minimum Gasteiger partial charge on any atom is -0.465 e. The molecule has 0 atom stereocenters. The first kappa shape index (κ1) is 25.6. The summed E-state index contributed by atoms with van der Waals surface area (Å²) < 4.78 is 11.5. The van der Waals surface area contributed by atoms with Crippen LogP contribution < -0.4 is 5.32 Å². The number of fused-ring (bicyclic) bond motifs is 1. The van der Waals surface area contributed by atoms with Crippen molar-refractivity contribution in [3.8, 4) is 11.3 Å². The number of aryl methyl sites for hydroxylation is 1. The van der Waals surface area contributed by atoms with E-state index in [9.17, 15) is 9.59 Å². The van der Waals surface area contributed by atoms with Gasteiger partial charge in [-0.2, -0.15) is 9.61 Å². The number of ether oxygens (including phenoxy) is 2. The van der Waals surface area contributed by atoms with E-state index in [1.165, 1.54) is 14.2 Å². The predicted molar refractivity (Wildman–Crippen MR) is 142 cm³/mol. The Kier molecular flexibility index (Phi) is 7.06. The number of hydrogen-bond donors (Lipinski definition) is 1. The van der Waals surface area contributed by atoms with Crippen molar-refractivity contribution in [2.24, 2.45) is 0 Å². The van der Waals surface area contributed by atoms with Gasteiger partial charge < -0.3 is 14.8 Å². The second-order valence-corrected chi connectivity index (χ2v) is 9.43. The van der Waals surface area contributed by atoms with Crippen LogP contribution in [0.15, 0.2) is 48.5 Å². The van der Waals surface area contributed by atoms with Gasteiger partial charge in [-0.15, -0.1) is 0 Å². The number of methoxy groups -OCH3 is 2. The highest BCUT2D eigenvalue weighted by molar-refractivity contribution is 5.98. The minimum absolute atomic E-state index is 0.323. The van der Waals surface area contributed by atoms with Crippen LogP contribution in [-0.4, -0.2) is 51.3 Å². The van der Waals surface area contributed by atoms with Gasteiger partial charge in [-0.05, 0) is 51.5 Å². The molecule has 0 radical (unpaired) electrons. The topological polar surface area (TPSA) is 108 Å². The second-order valence-electron chi connectivity index (χ2n) is 9.43. The molecule has 0 amide bonds. The zero-order chi connectivity index (χ0) is 26.7. The van der Waals surface area contributed by atoms with E-state index in [1.807, 2.05) is 52.0 Å². The van der Waals surface area contributed by atoms with Gasteiger partial charge in [-0.1, -0.05) is 42.5 Å². The summed E-state index contributed by atoms with van der Waals surface area (Å²) in [5.74, 6) is 0.0897. The van der Waals surface area contributed by atoms with Crippen LogP contribution in [0.25, 0.3) is 29.2 Å². The summed E-state index contributed by atoms with van der Waals surface area (Å²) in [6.07, 6.45) is 3.59. The molecule has 0 aliphatic carbocycles. The van der Waals surface area contributed by atoms with Crippen molar-refractivity contribution < 1.29 is 19.1 Å². The zero-order valence-corrected chi connectivity index (χ0v) is 21.7. The van der Waals surface area contributed by atoms with Crippen molar-refractivity contribution in [3.05, 3.63) is 76.6 Å². The molecule has 0 aliphatic rings. The third kappa shape index (κ3) is 5.35. The number of rotatable bonds is 6. The lowest BCUT2D eigenvalue weighted by Crippen LogP contribution is -2.27. The molecule has 0 spiro atoms. The Bertz CT molecular complexity index is 1520. The highest BCUT2D eigenvalue weighted by atomic mass is 16.5. The Morgan fingerprint density at radius 1 is 0.892 bits per heavy atom. The molecule has 2 heterocycles. The number of hydrogen-bond acceptors (Lipinski definition) is 8. The SMILES string of the molecule is COC(=O)c1ccccc1/C=C/c1nc2nc(-c3ccccc3C(=O)OC)c(NC(C)(C)C)n2nc1C. The van der Waals surface area contributed by atoms with Gasteiger partial charge >= 0.3 is 11.9 Å². The molecule has 0 fully saturated rings. The molecule has 37 heavy (non-hydrogen) atoms. The summed E-state index contributed by atoms with van der Waals surface area (Å²) in [5.41, 5.74) is 3.60. The Labute approximate surface area is 215 Å². The summed E-state index contributed by atoms with van der Waals surface area (Å²) in [7, 11) is 2.70. The molecule has 1 N–H and O–H groups in total. The van der Waals surface area contributed by atoms with Gasteiger partial charge in [0.25, 0.3) is 5.78 Å². The van der Waals surface area contributed by atoms with E-state index in [0.717, 1.165) is 0 Å². The normalized spacial score (nSPS) is 11.6. The maximum absolute atomic E-state index is 12.5. The van der Waals surface area contributed by atoms with Gasteiger partial charge in [-0.25, -0.2) is 19.6 Å². The van der Waals surface area contributed by atoms with Crippen LogP contribution in [0.1, 0.15) is 58.4 Å².